The zero-order valence-corrected chi connectivity index (χ0v) is 22.1. The second-order valence-corrected chi connectivity index (χ2v) is 10.7. The van der Waals surface area contributed by atoms with Crippen molar-refractivity contribution in [3.8, 4) is 17.2 Å². The Morgan fingerprint density at radius 3 is 2.41 bits per heavy atom. The topological polar surface area (TPSA) is 159 Å². The molecule has 0 radical (unpaired) electrons. The summed E-state index contributed by atoms with van der Waals surface area (Å²) in [6.07, 6.45) is 3.47. The lowest BCUT2D eigenvalue weighted by molar-refractivity contribution is -0.123. The summed E-state index contributed by atoms with van der Waals surface area (Å²) in [5.74, 6) is -6.29. The molecule has 4 atom stereocenters. The summed E-state index contributed by atoms with van der Waals surface area (Å²) in [5, 5.41) is 29.7. The van der Waals surface area contributed by atoms with Gasteiger partial charge in [0.15, 0.2) is 23.1 Å². The molecule has 0 aromatic heterocycles. The minimum Gasteiger partial charge on any atom is -0.507 e. The molecule has 3 N–H and O–H groups in total. The predicted molar refractivity (Wildman–Crippen MR) is 144 cm³/mol. The number of benzene rings is 2. The molecular formula is C31H25NO9. The largest absolute Gasteiger partial charge is 0.507 e. The van der Waals surface area contributed by atoms with Crippen molar-refractivity contribution in [3.63, 3.8) is 0 Å². The quantitative estimate of drug-likeness (QED) is 0.292. The molecule has 1 saturated heterocycles. The van der Waals surface area contributed by atoms with Crippen LogP contribution in [0.3, 0.4) is 0 Å². The molecule has 1 aliphatic heterocycles. The molecule has 2 aromatic carbocycles. The zero-order chi connectivity index (χ0) is 29.3. The lowest BCUT2D eigenvalue weighted by atomic mass is 9.59. The van der Waals surface area contributed by atoms with Crippen molar-refractivity contribution >= 4 is 35.0 Å². The number of carboxylic acids is 1. The summed E-state index contributed by atoms with van der Waals surface area (Å²) >= 11 is 0. The Morgan fingerprint density at radius 2 is 1.73 bits per heavy atom. The Labute approximate surface area is 233 Å². The van der Waals surface area contributed by atoms with Crippen molar-refractivity contribution in [1.29, 1.82) is 0 Å². The molecule has 2 aromatic rings. The van der Waals surface area contributed by atoms with Gasteiger partial charge in [-0.15, -0.1) is 0 Å². The SMILES string of the molecule is COc1cc([C@H]2C3=CC[C@@H]4C(=O)N(c5ccc(C(=O)O)c(O)c5)C(=O)[C@@H]4[C@@H]3CC3=C2C(=O)C(C)=CC3=O)ccc1O. The molecule has 3 aliphatic carbocycles. The first kappa shape index (κ1) is 26.2. The number of Topliss-reactive ketones (excluding diaryl/α,β-unsaturated/α-hetero) is 1. The number of rotatable bonds is 4. The molecule has 0 spiro atoms. The second-order valence-electron chi connectivity index (χ2n) is 10.7. The molecule has 6 rings (SSSR count). The third kappa shape index (κ3) is 3.81. The van der Waals surface area contributed by atoms with Gasteiger partial charge in [0, 0.05) is 28.7 Å². The molecule has 0 bridgehead atoms. The number of nitrogens with zero attached hydrogens (tertiary/aromatic N) is 1. The van der Waals surface area contributed by atoms with Crippen LogP contribution in [0.4, 0.5) is 5.69 Å². The van der Waals surface area contributed by atoms with Gasteiger partial charge >= 0.3 is 5.97 Å². The molecule has 1 heterocycles. The van der Waals surface area contributed by atoms with Crippen LogP contribution in [0, 0.1) is 17.8 Å². The van der Waals surface area contributed by atoms with Crippen LogP contribution >= 0.6 is 0 Å². The molecule has 10 heteroatoms. The van der Waals surface area contributed by atoms with E-state index in [-0.39, 0.29) is 47.2 Å². The molecule has 41 heavy (non-hydrogen) atoms. The second kappa shape index (κ2) is 9.29. The van der Waals surface area contributed by atoms with Crippen molar-refractivity contribution < 1.29 is 44.0 Å². The summed E-state index contributed by atoms with van der Waals surface area (Å²) in [6.45, 7) is 1.58. The minimum absolute atomic E-state index is 0.0523. The molecule has 208 valence electrons. The number of allylic oxidation sites excluding steroid dienone is 6. The third-order valence-corrected chi connectivity index (χ3v) is 8.57. The van der Waals surface area contributed by atoms with Gasteiger partial charge in [0.05, 0.1) is 24.6 Å². The zero-order valence-electron chi connectivity index (χ0n) is 22.1. The lowest BCUT2D eigenvalue weighted by Gasteiger charge is -2.42. The van der Waals surface area contributed by atoms with E-state index in [9.17, 15) is 39.3 Å². The third-order valence-electron chi connectivity index (χ3n) is 8.57. The maximum atomic E-state index is 13.9. The van der Waals surface area contributed by atoms with Gasteiger partial charge < -0.3 is 20.1 Å². The minimum atomic E-state index is -1.35. The van der Waals surface area contributed by atoms with Gasteiger partial charge in [-0.25, -0.2) is 9.69 Å². The lowest BCUT2D eigenvalue weighted by Crippen LogP contribution is -2.39. The van der Waals surface area contributed by atoms with E-state index in [1.54, 1.807) is 19.1 Å². The van der Waals surface area contributed by atoms with Crippen LogP contribution in [0.2, 0.25) is 0 Å². The van der Waals surface area contributed by atoms with Crippen LogP contribution < -0.4 is 9.64 Å². The number of amides is 2. The first-order valence-electron chi connectivity index (χ1n) is 13.0. The molecule has 10 nitrogen and oxygen atoms in total. The van der Waals surface area contributed by atoms with Crippen LogP contribution in [0.5, 0.6) is 17.2 Å². The number of ether oxygens (including phenoxy) is 1. The summed E-state index contributed by atoms with van der Waals surface area (Å²) in [5.41, 5.74) is 1.95. The average Bonchev–Trinajstić information content (AvgIpc) is 3.20. The van der Waals surface area contributed by atoms with E-state index in [0.717, 1.165) is 22.6 Å². The Morgan fingerprint density at radius 1 is 0.976 bits per heavy atom. The van der Waals surface area contributed by atoms with Gasteiger partial charge in [0.2, 0.25) is 11.8 Å². The Bertz CT molecular complexity index is 1690. The van der Waals surface area contributed by atoms with E-state index in [2.05, 4.69) is 0 Å². The maximum absolute atomic E-state index is 13.9. The van der Waals surface area contributed by atoms with Gasteiger partial charge in [0.1, 0.15) is 11.3 Å². The number of phenolic OH excluding ortho intramolecular Hbond substituents is 1. The van der Waals surface area contributed by atoms with Crippen molar-refractivity contribution in [2.75, 3.05) is 12.0 Å². The number of ketones is 2. The number of carbonyl (C=O) groups is 5. The highest BCUT2D eigenvalue weighted by Gasteiger charge is 2.56. The van der Waals surface area contributed by atoms with Crippen LogP contribution in [0.1, 0.15) is 41.6 Å². The number of hydrogen-bond donors (Lipinski definition) is 3. The highest BCUT2D eigenvalue weighted by molar-refractivity contribution is 6.25. The summed E-state index contributed by atoms with van der Waals surface area (Å²) in [7, 11) is 1.40. The fraction of sp³-hybridized carbons (Fsp3) is 0.258. The van der Waals surface area contributed by atoms with E-state index in [1.807, 2.05) is 6.08 Å². The highest BCUT2D eigenvalue weighted by atomic mass is 16.5. The smallest absolute Gasteiger partial charge is 0.339 e. The number of methoxy groups -OCH3 is 1. The molecule has 0 unspecified atom stereocenters. The van der Waals surface area contributed by atoms with Gasteiger partial charge in [-0.2, -0.15) is 0 Å². The summed E-state index contributed by atoms with van der Waals surface area (Å²) in [4.78, 5) is 66.5. The van der Waals surface area contributed by atoms with E-state index >= 15 is 0 Å². The van der Waals surface area contributed by atoms with E-state index < -0.39 is 47.2 Å². The molecule has 4 aliphatic rings. The van der Waals surface area contributed by atoms with Gasteiger partial charge in [-0.3, -0.25) is 19.2 Å². The van der Waals surface area contributed by atoms with E-state index in [0.29, 0.717) is 22.3 Å². The fourth-order valence-electron chi connectivity index (χ4n) is 6.71. The number of phenols is 2. The van der Waals surface area contributed by atoms with E-state index in [4.69, 9.17) is 4.74 Å². The van der Waals surface area contributed by atoms with Crippen molar-refractivity contribution in [1.82, 2.24) is 0 Å². The van der Waals surface area contributed by atoms with Crippen LogP contribution in [0.15, 0.2) is 70.8 Å². The summed E-state index contributed by atoms with van der Waals surface area (Å²) < 4.78 is 5.30. The first-order valence-corrected chi connectivity index (χ1v) is 13.0. The molecule has 0 saturated carbocycles. The average molecular weight is 556 g/mol. The molecule has 2 amide bonds. The number of imide groups is 1. The van der Waals surface area contributed by atoms with Crippen molar-refractivity contribution in [2.24, 2.45) is 17.8 Å². The first-order chi connectivity index (χ1) is 19.5. The monoisotopic (exact) mass is 555 g/mol. The Kier molecular flexibility index (Phi) is 5.95. The number of fused-ring (bicyclic) bond motifs is 3. The predicted octanol–water partition coefficient (Wildman–Crippen LogP) is 3.44. The normalized spacial score (nSPS) is 25.4. The van der Waals surface area contributed by atoms with Gasteiger partial charge in [-0.1, -0.05) is 17.7 Å². The van der Waals surface area contributed by atoms with Crippen molar-refractivity contribution in [2.45, 2.75) is 25.7 Å². The van der Waals surface area contributed by atoms with Gasteiger partial charge in [0.25, 0.3) is 0 Å². The number of anilines is 1. The number of hydrogen-bond acceptors (Lipinski definition) is 8. The highest BCUT2D eigenvalue weighted by Crippen LogP contribution is 2.56. The fourth-order valence-corrected chi connectivity index (χ4v) is 6.71. The standard InChI is InChI=1S/C31H25NO9/c1-13-9-22(34)20-12-19-16(25(27(20)28(13)36)14-3-8-21(33)24(10-14)41-2)6-7-18-26(19)30(38)32(29(18)37)15-4-5-17(31(39)40)23(35)11-15/h3-6,8-11,18-19,25-26,33,35H,7,12H2,1-2H3,(H,39,40)/t18-,19+,25-,26-/m0/s1. The van der Waals surface area contributed by atoms with E-state index in [1.165, 1.54) is 25.3 Å². The number of aromatic hydroxyl groups is 2. The van der Waals surface area contributed by atoms with Crippen molar-refractivity contribution in [3.05, 3.63) is 82.0 Å². The number of carbonyl (C=O) groups excluding carboxylic acids is 4. The summed E-state index contributed by atoms with van der Waals surface area (Å²) in [6, 6.07) is 8.21. The van der Waals surface area contributed by atoms with Crippen LogP contribution in [-0.4, -0.2) is 51.8 Å². The van der Waals surface area contributed by atoms with Crippen LogP contribution in [-0.2, 0) is 19.2 Å². The Hall–Kier alpha value is -4.99. The number of carboxylic acid groups (broad SMARTS) is 1. The number of aromatic carboxylic acids is 1. The molecular weight excluding hydrogens is 530 g/mol. The van der Waals surface area contributed by atoms with Crippen LogP contribution in [0.25, 0.3) is 0 Å². The molecule has 1 fully saturated rings. The Balaban J connectivity index is 1.47. The maximum Gasteiger partial charge on any atom is 0.339 e. The van der Waals surface area contributed by atoms with Gasteiger partial charge in [-0.05, 0) is 61.6 Å².